The number of hydrogen-bond acceptors (Lipinski definition) is 6. The summed E-state index contributed by atoms with van der Waals surface area (Å²) in [5, 5.41) is 11.1. The van der Waals surface area contributed by atoms with E-state index in [1.165, 1.54) is 43.3 Å². The lowest BCUT2D eigenvalue weighted by Gasteiger charge is -2.26. The largest absolute Gasteiger partial charge is 0.507 e. The average Bonchev–Trinajstić information content (AvgIpc) is 3.04. The number of hydrogen-bond donors (Lipinski definition) is 1. The van der Waals surface area contributed by atoms with Crippen molar-refractivity contribution in [3.8, 4) is 0 Å². The van der Waals surface area contributed by atoms with Gasteiger partial charge in [0.1, 0.15) is 5.76 Å². The summed E-state index contributed by atoms with van der Waals surface area (Å²) >= 11 is 0. The summed E-state index contributed by atoms with van der Waals surface area (Å²) in [6.07, 6.45) is 0.667. The van der Waals surface area contributed by atoms with Gasteiger partial charge in [-0.25, -0.2) is 12.7 Å². The molecule has 3 rings (SSSR count). The quantitative estimate of drug-likeness (QED) is 0.360. The molecule has 33 heavy (non-hydrogen) atoms. The molecule has 2 aromatic carbocycles. The third-order valence-corrected chi connectivity index (χ3v) is 7.40. The summed E-state index contributed by atoms with van der Waals surface area (Å²) in [4.78, 5) is 29.5. The molecule has 0 spiro atoms. The molecule has 9 heteroatoms. The number of Topliss-reactive ketones (excluding diaryl/α,β-unsaturated/α-hetero) is 1. The van der Waals surface area contributed by atoms with Gasteiger partial charge in [-0.2, -0.15) is 0 Å². The minimum atomic E-state index is -3.64. The van der Waals surface area contributed by atoms with Crippen molar-refractivity contribution in [3.63, 3.8) is 0 Å². The highest BCUT2D eigenvalue weighted by Crippen LogP contribution is 2.39. The molecule has 1 amide bonds. The van der Waals surface area contributed by atoms with Crippen molar-refractivity contribution in [1.29, 1.82) is 0 Å². The minimum absolute atomic E-state index is 0.000676. The van der Waals surface area contributed by atoms with Gasteiger partial charge in [0.2, 0.25) is 10.0 Å². The lowest BCUT2D eigenvalue weighted by atomic mass is 9.95. The van der Waals surface area contributed by atoms with Crippen molar-refractivity contribution >= 4 is 27.5 Å². The van der Waals surface area contributed by atoms with Gasteiger partial charge < -0.3 is 14.9 Å². The molecular weight excluding hydrogens is 442 g/mol. The van der Waals surface area contributed by atoms with Crippen molar-refractivity contribution in [2.75, 3.05) is 41.3 Å². The minimum Gasteiger partial charge on any atom is -0.507 e. The topological polar surface area (TPSA) is 98.2 Å². The molecule has 0 saturated carbocycles. The first-order chi connectivity index (χ1) is 15.6. The number of likely N-dealkylation sites (tertiary alicyclic amines) is 1. The van der Waals surface area contributed by atoms with E-state index in [9.17, 15) is 23.1 Å². The Kier molecular flexibility index (Phi) is 7.36. The number of nitrogens with zero attached hydrogens (tertiary/aromatic N) is 3. The third-order valence-electron chi connectivity index (χ3n) is 5.57. The first-order valence-corrected chi connectivity index (χ1v) is 12.0. The summed E-state index contributed by atoms with van der Waals surface area (Å²) in [7, 11) is 3.09. The summed E-state index contributed by atoms with van der Waals surface area (Å²) < 4.78 is 25.8. The summed E-state index contributed by atoms with van der Waals surface area (Å²) in [5.41, 5.74) is 0.981. The van der Waals surface area contributed by atoms with Crippen LogP contribution in [0.1, 0.15) is 23.6 Å². The zero-order valence-electron chi connectivity index (χ0n) is 19.2. The second-order valence-corrected chi connectivity index (χ2v) is 10.5. The van der Waals surface area contributed by atoms with Crippen molar-refractivity contribution in [3.05, 3.63) is 71.3 Å². The van der Waals surface area contributed by atoms with Crippen LogP contribution < -0.4 is 0 Å². The first-order valence-electron chi connectivity index (χ1n) is 10.6. The second kappa shape index (κ2) is 9.86. The normalized spacial score (nSPS) is 18.5. The van der Waals surface area contributed by atoms with Crippen molar-refractivity contribution in [2.45, 2.75) is 17.4 Å². The van der Waals surface area contributed by atoms with Crippen LogP contribution >= 0.6 is 0 Å². The number of rotatable bonds is 8. The van der Waals surface area contributed by atoms with Crippen LogP contribution in [-0.4, -0.2) is 80.6 Å². The van der Waals surface area contributed by atoms with Gasteiger partial charge in [-0.05, 0) is 56.9 Å². The Morgan fingerprint density at radius 2 is 1.58 bits per heavy atom. The monoisotopic (exact) mass is 471 g/mol. The van der Waals surface area contributed by atoms with Crippen molar-refractivity contribution in [1.82, 2.24) is 14.1 Å². The Hall–Kier alpha value is -3.01. The van der Waals surface area contributed by atoms with Gasteiger partial charge in [0.15, 0.2) is 0 Å². The molecule has 0 bridgehead atoms. The SMILES string of the molecule is CN(C)CCCN1C(=O)C(=O)C(=C(O)c2ccc(S(=O)(=O)N(C)C)cc2)C1c1ccccc1. The molecule has 1 atom stereocenters. The van der Waals surface area contributed by atoms with E-state index in [4.69, 9.17) is 0 Å². The van der Waals surface area contributed by atoms with Crippen LogP contribution in [0.3, 0.4) is 0 Å². The predicted octanol–water partition coefficient (Wildman–Crippen LogP) is 2.31. The smallest absolute Gasteiger partial charge is 0.295 e. The van der Waals surface area contributed by atoms with E-state index in [2.05, 4.69) is 0 Å². The first kappa shape index (κ1) is 24.6. The Labute approximate surface area is 194 Å². The zero-order chi connectivity index (χ0) is 24.3. The number of carbonyl (C=O) groups is 2. The van der Waals surface area contributed by atoms with Crippen LogP contribution in [0.15, 0.2) is 65.1 Å². The molecule has 8 nitrogen and oxygen atoms in total. The van der Waals surface area contributed by atoms with E-state index in [0.717, 1.165) is 16.4 Å². The summed E-state index contributed by atoms with van der Waals surface area (Å²) in [6.45, 7) is 1.10. The van der Waals surface area contributed by atoms with Crippen molar-refractivity contribution < 1.29 is 23.1 Å². The fraction of sp³-hybridized carbons (Fsp3) is 0.333. The third kappa shape index (κ3) is 5.00. The zero-order valence-corrected chi connectivity index (χ0v) is 20.0. The van der Waals surface area contributed by atoms with E-state index < -0.39 is 27.8 Å². The maximum absolute atomic E-state index is 13.0. The molecule has 0 aliphatic carbocycles. The maximum atomic E-state index is 13.0. The van der Waals surface area contributed by atoms with E-state index in [0.29, 0.717) is 13.0 Å². The molecule has 1 N–H and O–H groups in total. The van der Waals surface area contributed by atoms with Crippen LogP contribution in [0, 0.1) is 0 Å². The number of benzene rings is 2. The Bertz CT molecular complexity index is 1160. The van der Waals surface area contributed by atoms with E-state index in [1.54, 1.807) is 0 Å². The molecule has 0 radical (unpaired) electrons. The standard InChI is InChI=1S/C24H29N3O5S/c1-25(2)15-8-16-27-21(17-9-6-5-7-10-17)20(23(29)24(27)30)22(28)18-11-13-19(14-12-18)33(31,32)26(3)4/h5-7,9-14,21,28H,8,15-16H2,1-4H3. The Morgan fingerprint density at radius 3 is 2.12 bits per heavy atom. The van der Waals surface area contributed by atoms with Crippen LogP contribution in [-0.2, 0) is 19.6 Å². The lowest BCUT2D eigenvalue weighted by molar-refractivity contribution is -0.139. The van der Waals surface area contributed by atoms with Crippen LogP contribution in [0.4, 0.5) is 0 Å². The Morgan fingerprint density at radius 1 is 0.970 bits per heavy atom. The summed E-state index contributed by atoms with van der Waals surface area (Å²) in [5.74, 6) is -1.74. The molecule has 1 aliphatic rings. The van der Waals surface area contributed by atoms with Crippen LogP contribution in [0.5, 0.6) is 0 Å². The van der Waals surface area contributed by atoms with Gasteiger partial charge in [-0.1, -0.05) is 30.3 Å². The number of aliphatic hydroxyl groups is 1. The number of ketones is 1. The molecule has 1 fully saturated rings. The second-order valence-electron chi connectivity index (χ2n) is 8.37. The summed E-state index contributed by atoms with van der Waals surface area (Å²) in [6, 6.07) is 14.0. The molecule has 1 aliphatic heterocycles. The molecule has 1 unspecified atom stereocenters. The maximum Gasteiger partial charge on any atom is 0.295 e. The Balaban J connectivity index is 2.06. The van der Waals surface area contributed by atoms with E-state index >= 15 is 0 Å². The highest BCUT2D eigenvalue weighted by molar-refractivity contribution is 7.89. The highest BCUT2D eigenvalue weighted by atomic mass is 32.2. The van der Waals surface area contributed by atoms with Gasteiger partial charge in [0.25, 0.3) is 11.7 Å². The highest BCUT2D eigenvalue weighted by Gasteiger charge is 2.45. The van der Waals surface area contributed by atoms with Gasteiger partial charge in [-0.15, -0.1) is 0 Å². The molecule has 1 heterocycles. The fourth-order valence-electron chi connectivity index (χ4n) is 3.80. The lowest BCUT2D eigenvalue weighted by Crippen LogP contribution is -2.32. The number of amides is 1. The van der Waals surface area contributed by atoms with E-state index in [1.807, 2.05) is 49.3 Å². The molecular formula is C24H29N3O5S. The van der Waals surface area contributed by atoms with Crippen LogP contribution in [0.25, 0.3) is 5.76 Å². The van der Waals surface area contributed by atoms with Crippen molar-refractivity contribution in [2.24, 2.45) is 0 Å². The number of aliphatic hydroxyl groups excluding tert-OH is 1. The van der Waals surface area contributed by atoms with Crippen LogP contribution in [0.2, 0.25) is 0 Å². The average molecular weight is 472 g/mol. The predicted molar refractivity (Wildman–Crippen MR) is 126 cm³/mol. The fourth-order valence-corrected chi connectivity index (χ4v) is 4.70. The van der Waals surface area contributed by atoms with Gasteiger partial charge in [-0.3, -0.25) is 9.59 Å². The number of carbonyl (C=O) groups excluding carboxylic acids is 2. The molecule has 176 valence electrons. The van der Waals surface area contributed by atoms with E-state index in [-0.39, 0.29) is 21.8 Å². The molecule has 0 aromatic heterocycles. The van der Waals surface area contributed by atoms with Gasteiger partial charge in [0.05, 0.1) is 16.5 Å². The van der Waals surface area contributed by atoms with Gasteiger partial charge >= 0.3 is 0 Å². The molecule has 1 saturated heterocycles. The molecule has 2 aromatic rings. The van der Waals surface area contributed by atoms with Gasteiger partial charge in [0, 0.05) is 26.2 Å². The number of sulfonamides is 1.